The third kappa shape index (κ3) is 4.82. The predicted molar refractivity (Wildman–Crippen MR) is 110 cm³/mol. The second-order valence-electron chi connectivity index (χ2n) is 7.02. The van der Waals surface area contributed by atoms with Gasteiger partial charge in [-0.3, -0.25) is 0 Å². The number of benzene rings is 2. The monoisotopic (exact) mass is 449 g/mol. The van der Waals surface area contributed by atoms with Crippen molar-refractivity contribution in [2.75, 3.05) is 0 Å². The van der Waals surface area contributed by atoms with Gasteiger partial charge in [-0.2, -0.15) is 6.07 Å². The standard InChI is InChI=1S/C22H25.2ClH.Zr/c1-14(2)18-12-17-11-10-16(5)22(21(17)13-18)20-9-7-6-8-19(20)15(3)4;;;/h6-15H,1-5H3;2*1H;/q-1;;;+2/p-2. The van der Waals surface area contributed by atoms with Crippen molar-refractivity contribution >= 4 is 27.8 Å². The number of rotatable bonds is 3. The summed E-state index contributed by atoms with van der Waals surface area (Å²) < 4.78 is 0. The molecule has 0 unspecified atom stereocenters. The van der Waals surface area contributed by atoms with E-state index in [-0.39, 0.29) is 0 Å². The molecule has 0 aliphatic heterocycles. The van der Waals surface area contributed by atoms with Gasteiger partial charge in [0.15, 0.2) is 0 Å². The van der Waals surface area contributed by atoms with Crippen LogP contribution in [0.4, 0.5) is 0 Å². The average molecular weight is 452 g/mol. The van der Waals surface area contributed by atoms with Crippen LogP contribution in [0.25, 0.3) is 21.9 Å². The van der Waals surface area contributed by atoms with Gasteiger partial charge < -0.3 is 0 Å². The topological polar surface area (TPSA) is 0 Å². The summed E-state index contributed by atoms with van der Waals surface area (Å²) in [7, 11) is 9.87. The summed E-state index contributed by atoms with van der Waals surface area (Å²) in [6.07, 6.45) is 0. The molecule has 132 valence electrons. The predicted octanol–water partition coefficient (Wildman–Crippen LogP) is 8.16. The molecule has 0 saturated heterocycles. The molecular formula is C22H25Cl2Zr-. The van der Waals surface area contributed by atoms with E-state index in [0.717, 1.165) is 0 Å². The Balaban J connectivity index is 0.000000701. The molecule has 0 bridgehead atoms. The third-order valence-corrected chi connectivity index (χ3v) is 4.64. The fraction of sp³-hybridized carbons (Fsp3) is 0.318. The van der Waals surface area contributed by atoms with Crippen molar-refractivity contribution in [2.24, 2.45) is 0 Å². The van der Waals surface area contributed by atoms with Gasteiger partial charge in [-0.15, -0.1) is 34.5 Å². The van der Waals surface area contributed by atoms with E-state index < -0.39 is 20.8 Å². The Hall–Kier alpha value is -0.487. The molecule has 0 amide bonds. The summed E-state index contributed by atoms with van der Waals surface area (Å²) in [6.45, 7) is 11.3. The zero-order valence-electron chi connectivity index (χ0n) is 15.5. The first-order chi connectivity index (χ1) is 11.9. The van der Waals surface area contributed by atoms with Crippen LogP contribution in [-0.4, -0.2) is 0 Å². The fourth-order valence-electron chi connectivity index (χ4n) is 3.33. The van der Waals surface area contributed by atoms with Crippen LogP contribution in [0.3, 0.4) is 0 Å². The van der Waals surface area contributed by atoms with Gasteiger partial charge in [0.2, 0.25) is 0 Å². The average Bonchev–Trinajstić information content (AvgIpc) is 3.00. The second-order valence-corrected chi connectivity index (χ2v) is 10.7. The molecule has 0 N–H and O–H groups in total. The summed E-state index contributed by atoms with van der Waals surface area (Å²) in [5.41, 5.74) is 7.03. The van der Waals surface area contributed by atoms with Crippen LogP contribution in [0.5, 0.6) is 0 Å². The first kappa shape index (κ1) is 20.8. The molecule has 0 atom stereocenters. The maximum absolute atomic E-state index is 4.93. The SMILES string of the molecule is Cc1ccc2[cH-]c(C(C)C)cc2c1-c1ccccc1C(C)C.[Cl][Zr][Cl]. The number of hydrogen-bond acceptors (Lipinski definition) is 0. The van der Waals surface area contributed by atoms with E-state index in [1.807, 2.05) is 0 Å². The van der Waals surface area contributed by atoms with Crippen LogP contribution in [-0.2, 0) is 20.8 Å². The first-order valence-electron chi connectivity index (χ1n) is 8.66. The molecule has 0 aromatic heterocycles. The number of halogens is 2. The summed E-state index contributed by atoms with van der Waals surface area (Å²) in [4.78, 5) is 0. The van der Waals surface area contributed by atoms with E-state index >= 15 is 0 Å². The molecule has 3 heteroatoms. The molecule has 0 spiro atoms. The van der Waals surface area contributed by atoms with Crippen LogP contribution >= 0.6 is 17.0 Å². The second kappa shape index (κ2) is 9.45. The van der Waals surface area contributed by atoms with Crippen molar-refractivity contribution in [2.45, 2.75) is 46.5 Å². The van der Waals surface area contributed by atoms with Gasteiger partial charge in [0.1, 0.15) is 0 Å². The van der Waals surface area contributed by atoms with Crippen LogP contribution in [0, 0.1) is 6.92 Å². The van der Waals surface area contributed by atoms with Crippen molar-refractivity contribution < 1.29 is 20.8 Å². The molecule has 25 heavy (non-hydrogen) atoms. The number of aryl methyl sites for hydroxylation is 1. The van der Waals surface area contributed by atoms with Gasteiger partial charge >= 0.3 is 37.9 Å². The first-order valence-corrected chi connectivity index (χ1v) is 15.0. The molecule has 3 aromatic carbocycles. The van der Waals surface area contributed by atoms with Gasteiger partial charge in [0.25, 0.3) is 0 Å². The Bertz CT molecular complexity index is 831. The Morgan fingerprint density at radius 2 is 1.56 bits per heavy atom. The van der Waals surface area contributed by atoms with Gasteiger partial charge in [0.05, 0.1) is 0 Å². The van der Waals surface area contributed by atoms with Crippen molar-refractivity contribution in [1.29, 1.82) is 0 Å². The Morgan fingerprint density at radius 1 is 0.920 bits per heavy atom. The molecular weight excluding hydrogens is 426 g/mol. The third-order valence-electron chi connectivity index (χ3n) is 4.64. The van der Waals surface area contributed by atoms with Crippen LogP contribution in [0.2, 0.25) is 0 Å². The maximum atomic E-state index is 4.93. The van der Waals surface area contributed by atoms with Crippen LogP contribution in [0.15, 0.2) is 48.5 Å². The molecule has 3 aromatic rings. The van der Waals surface area contributed by atoms with E-state index in [1.54, 1.807) is 0 Å². The Morgan fingerprint density at radius 3 is 2.16 bits per heavy atom. The number of hydrogen-bond donors (Lipinski definition) is 0. The fourth-order valence-corrected chi connectivity index (χ4v) is 3.33. The minimum absolute atomic E-state index is 0.533. The van der Waals surface area contributed by atoms with E-state index in [9.17, 15) is 0 Å². The normalized spacial score (nSPS) is 10.9. The molecule has 0 aliphatic carbocycles. The zero-order valence-corrected chi connectivity index (χ0v) is 19.5. The van der Waals surface area contributed by atoms with Crippen LogP contribution in [0.1, 0.15) is 56.2 Å². The van der Waals surface area contributed by atoms with E-state index in [1.165, 1.54) is 38.6 Å². The van der Waals surface area contributed by atoms with E-state index in [0.29, 0.717) is 11.8 Å². The van der Waals surface area contributed by atoms with E-state index in [2.05, 4.69) is 83.1 Å². The van der Waals surface area contributed by atoms with Gasteiger partial charge in [0, 0.05) is 0 Å². The van der Waals surface area contributed by atoms with Gasteiger partial charge in [-0.25, -0.2) is 0 Å². The quantitative estimate of drug-likeness (QED) is 0.352. The summed E-state index contributed by atoms with van der Waals surface area (Å²) in [5.74, 6) is 1.10. The van der Waals surface area contributed by atoms with E-state index in [4.69, 9.17) is 17.0 Å². The molecule has 0 fully saturated rings. The molecule has 0 saturated carbocycles. The summed E-state index contributed by atoms with van der Waals surface area (Å²) in [5, 5.41) is 2.76. The van der Waals surface area contributed by atoms with Crippen molar-refractivity contribution in [3.05, 3.63) is 65.2 Å². The minimum atomic E-state index is -0.826. The zero-order chi connectivity index (χ0) is 18.6. The van der Waals surface area contributed by atoms with Crippen molar-refractivity contribution in [1.82, 2.24) is 0 Å². The molecule has 0 radical (unpaired) electrons. The molecule has 0 aliphatic rings. The van der Waals surface area contributed by atoms with Gasteiger partial charge in [-0.05, 0) is 29.9 Å². The van der Waals surface area contributed by atoms with Crippen LogP contribution < -0.4 is 0 Å². The van der Waals surface area contributed by atoms with Crippen molar-refractivity contribution in [3.63, 3.8) is 0 Å². The summed E-state index contributed by atoms with van der Waals surface area (Å²) in [6, 6.07) is 18.1. The Labute approximate surface area is 170 Å². The number of fused-ring (bicyclic) bond motifs is 1. The molecule has 0 heterocycles. The molecule has 0 nitrogen and oxygen atoms in total. The summed E-state index contributed by atoms with van der Waals surface area (Å²) >= 11 is -0.826. The Kier molecular flexibility index (Phi) is 7.87. The van der Waals surface area contributed by atoms with Gasteiger partial charge in [-0.1, -0.05) is 63.1 Å². The van der Waals surface area contributed by atoms with Crippen molar-refractivity contribution in [3.8, 4) is 11.1 Å². The molecule has 3 rings (SSSR count).